The van der Waals surface area contributed by atoms with Crippen molar-refractivity contribution in [3.8, 4) is 0 Å². The predicted molar refractivity (Wildman–Crippen MR) is 282 cm³/mol. The molecule has 5 fully saturated rings. The molecule has 1 saturated heterocycles. The fourth-order valence-corrected chi connectivity index (χ4v) is 15.0. The van der Waals surface area contributed by atoms with E-state index in [1.807, 2.05) is 0 Å². The Balaban J connectivity index is 0.966. The van der Waals surface area contributed by atoms with Gasteiger partial charge in [0.15, 0.2) is 0 Å². The van der Waals surface area contributed by atoms with Gasteiger partial charge >= 0.3 is 0 Å². The molecule has 5 unspecified atom stereocenters. The summed E-state index contributed by atoms with van der Waals surface area (Å²) in [4.78, 5) is 68.0. The number of methoxy groups -OCH3 is 1. The molecular weight excluding hydrogens is 877 g/mol. The maximum atomic E-state index is 13.7. The highest BCUT2D eigenvalue weighted by Crippen LogP contribution is 2.68. The summed E-state index contributed by atoms with van der Waals surface area (Å²) in [6.07, 6.45) is 36.8. The molecule has 0 aromatic carbocycles. The standard InChI is InChI=1S/C59H102N4O7/c1-7-8-9-10-11-12-13-14-15-16-17-18-19-20-22-25-54(66)61-47-33-35-58(4)46(38-47)28-29-50-52-31-30-51(59(52,5)36-34-53(50)58)44(2)27-32-56(68)62(40-45(3)64)42-55(67)60-37-24-21-23-26-57(69)63-41-49(65)39-48(63)43-70-6/h14-15,44,46-53,65H,7-13,16-43H2,1-6H3,(H,60,67)(H,61,66)/b15-14-/t44-,46?,47+,48+,49?,50?,51-,52?,53?,58+,59-/m1/s1. The topological polar surface area (TPSA) is 145 Å². The number of amides is 4. The van der Waals surface area contributed by atoms with Crippen molar-refractivity contribution in [2.75, 3.05) is 39.9 Å². The smallest absolute Gasteiger partial charge is 0.239 e. The van der Waals surface area contributed by atoms with E-state index in [9.17, 15) is 29.1 Å². The van der Waals surface area contributed by atoms with Crippen molar-refractivity contribution in [2.45, 2.75) is 245 Å². The van der Waals surface area contributed by atoms with E-state index in [0.717, 1.165) is 56.3 Å². The summed E-state index contributed by atoms with van der Waals surface area (Å²) in [5, 5.41) is 16.4. The van der Waals surface area contributed by atoms with E-state index < -0.39 is 6.10 Å². The molecule has 5 rings (SSSR count). The molecule has 5 aliphatic rings. The number of allylic oxidation sites excluding steroid dienone is 2. The van der Waals surface area contributed by atoms with Crippen LogP contribution in [0.5, 0.6) is 0 Å². The Morgan fingerprint density at radius 2 is 1.40 bits per heavy atom. The first-order chi connectivity index (χ1) is 33.7. The summed E-state index contributed by atoms with van der Waals surface area (Å²) in [7, 11) is 1.60. The van der Waals surface area contributed by atoms with Crippen molar-refractivity contribution in [1.82, 2.24) is 20.4 Å². The lowest BCUT2D eigenvalue weighted by Gasteiger charge is -2.61. The molecule has 4 amide bonds. The average molecular weight is 979 g/mol. The first-order valence-electron chi connectivity index (χ1n) is 29.1. The number of fused-ring (bicyclic) bond motifs is 5. The van der Waals surface area contributed by atoms with E-state index in [1.54, 1.807) is 12.0 Å². The zero-order valence-electron chi connectivity index (χ0n) is 45.4. The van der Waals surface area contributed by atoms with Crippen molar-refractivity contribution < 1.29 is 33.8 Å². The number of likely N-dealkylation sites (tertiary alicyclic amines) is 1. The van der Waals surface area contributed by atoms with Crippen molar-refractivity contribution in [2.24, 2.45) is 46.3 Å². The minimum atomic E-state index is -0.507. The Morgan fingerprint density at radius 1 is 0.743 bits per heavy atom. The first kappa shape index (κ1) is 58.1. The van der Waals surface area contributed by atoms with Crippen LogP contribution in [0.15, 0.2) is 12.2 Å². The molecular formula is C59H102N4O7. The van der Waals surface area contributed by atoms with Gasteiger partial charge in [0.2, 0.25) is 23.6 Å². The number of carbonyl (C=O) groups excluding carboxylic acids is 5. The van der Waals surface area contributed by atoms with Crippen molar-refractivity contribution in [3.05, 3.63) is 12.2 Å². The van der Waals surface area contributed by atoms with Gasteiger partial charge in [-0.2, -0.15) is 0 Å². The molecule has 1 heterocycles. The second-order valence-corrected chi connectivity index (χ2v) is 23.9. The van der Waals surface area contributed by atoms with Gasteiger partial charge in [-0.15, -0.1) is 0 Å². The normalized spacial score (nSPS) is 29.8. The van der Waals surface area contributed by atoms with E-state index in [-0.39, 0.29) is 54.0 Å². The maximum absolute atomic E-state index is 13.7. The minimum Gasteiger partial charge on any atom is -0.391 e. The molecule has 4 saturated carbocycles. The Bertz CT molecular complexity index is 1650. The number of aliphatic hydroxyl groups is 1. The van der Waals surface area contributed by atoms with Crippen LogP contribution in [0.3, 0.4) is 0 Å². The lowest BCUT2D eigenvalue weighted by atomic mass is 9.44. The number of nitrogens with one attached hydrogen (secondary N) is 2. The summed E-state index contributed by atoms with van der Waals surface area (Å²) in [6.45, 7) is 12.3. The van der Waals surface area contributed by atoms with Gasteiger partial charge in [-0.05, 0) is 169 Å². The average Bonchev–Trinajstić information content (AvgIpc) is 3.89. The second-order valence-electron chi connectivity index (χ2n) is 23.9. The van der Waals surface area contributed by atoms with Crippen molar-refractivity contribution in [1.29, 1.82) is 0 Å². The van der Waals surface area contributed by atoms with Gasteiger partial charge in [0.1, 0.15) is 5.78 Å². The lowest BCUT2D eigenvalue weighted by Crippen LogP contribution is -2.55. The van der Waals surface area contributed by atoms with Crippen LogP contribution in [0.4, 0.5) is 0 Å². The third-order valence-electron chi connectivity index (χ3n) is 18.8. The highest BCUT2D eigenvalue weighted by Gasteiger charge is 2.60. The third-order valence-corrected chi connectivity index (χ3v) is 18.8. The molecule has 4 aliphatic carbocycles. The van der Waals surface area contributed by atoms with Crippen LogP contribution in [0.2, 0.25) is 0 Å². The van der Waals surface area contributed by atoms with Gasteiger partial charge in [0, 0.05) is 45.5 Å². The molecule has 0 spiro atoms. The Kier molecular flexibility index (Phi) is 24.7. The van der Waals surface area contributed by atoms with E-state index in [2.05, 4.69) is 50.5 Å². The van der Waals surface area contributed by atoms with Crippen LogP contribution >= 0.6 is 0 Å². The summed E-state index contributed by atoms with van der Waals surface area (Å²) in [6, 6.07) is 0.242. The van der Waals surface area contributed by atoms with Gasteiger partial charge in [0.05, 0.1) is 31.8 Å². The highest BCUT2D eigenvalue weighted by atomic mass is 16.5. The van der Waals surface area contributed by atoms with Gasteiger partial charge in [-0.1, -0.05) is 97.6 Å². The van der Waals surface area contributed by atoms with E-state index >= 15 is 0 Å². The van der Waals surface area contributed by atoms with Crippen LogP contribution in [0.25, 0.3) is 0 Å². The van der Waals surface area contributed by atoms with Gasteiger partial charge in [-0.3, -0.25) is 24.0 Å². The number of carbonyl (C=O) groups is 5. The zero-order chi connectivity index (χ0) is 50.5. The fraction of sp³-hybridized carbons (Fsp3) is 0.881. The number of rotatable bonds is 32. The molecule has 3 N–H and O–H groups in total. The minimum absolute atomic E-state index is 0.0253. The molecule has 400 valence electrons. The molecule has 1 aliphatic heterocycles. The monoisotopic (exact) mass is 979 g/mol. The van der Waals surface area contributed by atoms with Crippen LogP contribution in [-0.4, -0.2) is 102 Å². The Morgan fingerprint density at radius 3 is 2.11 bits per heavy atom. The Labute approximate surface area is 426 Å². The molecule has 0 aromatic rings. The fourth-order valence-electron chi connectivity index (χ4n) is 15.0. The Hall–Kier alpha value is -2.79. The summed E-state index contributed by atoms with van der Waals surface area (Å²) >= 11 is 0. The van der Waals surface area contributed by atoms with E-state index in [1.165, 1.54) is 127 Å². The van der Waals surface area contributed by atoms with Crippen LogP contribution in [0, 0.1) is 46.3 Å². The third kappa shape index (κ3) is 17.1. The number of ether oxygens (including phenoxy) is 1. The van der Waals surface area contributed by atoms with Crippen LogP contribution < -0.4 is 10.6 Å². The zero-order valence-corrected chi connectivity index (χ0v) is 45.4. The lowest BCUT2D eigenvalue weighted by molar-refractivity contribution is -0.139. The molecule has 11 nitrogen and oxygen atoms in total. The second kappa shape index (κ2) is 29.8. The predicted octanol–water partition coefficient (Wildman–Crippen LogP) is 11.3. The van der Waals surface area contributed by atoms with Crippen LogP contribution in [-0.2, 0) is 28.7 Å². The van der Waals surface area contributed by atoms with Crippen molar-refractivity contribution in [3.63, 3.8) is 0 Å². The number of β-amino-alcohol motifs (C(OH)–C–C–N with tert-alkyl or cyclic N) is 1. The molecule has 11 heteroatoms. The van der Waals surface area contributed by atoms with E-state index in [0.29, 0.717) is 87.4 Å². The molecule has 0 bridgehead atoms. The summed E-state index contributed by atoms with van der Waals surface area (Å²) in [5.41, 5.74) is 0.628. The number of aliphatic hydroxyl groups excluding tert-OH is 1. The quantitative estimate of drug-likeness (QED) is 0.0449. The number of nitrogens with zero attached hydrogens (tertiary/aromatic N) is 2. The van der Waals surface area contributed by atoms with Gasteiger partial charge < -0.3 is 30.3 Å². The SMILES string of the molecule is CCCCCCCC/C=C\CCCCCCCC(=O)N[C@H]1CC[C@@]2(C)C(CCC3C2CC[C@@]2(C)C3CC[C@@H]2[C@H](C)CCC(=O)N(CC(C)=O)CC(=O)NCCCCCC(=O)N2CC(O)C[C@H]2COC)C1. The number of hydrogen-bond acceptors (Lipinski definition) is 7. The molecule has 0 radical (unpaired) electrons. The molecule has 0 aromatic heterocycles. The van der Waals surface area contributed by atoms with E-state index in [4.69, 9.17) is 4.74 Å². The summed E-state index contributed by atoms with van der Waals surface area (Å²) < 4.78 is 5.23. The first-order valence-corrected chi connectivity index (χ1v) is 29.1. The highest BCUT2D eigenvalue weighted by molar-refractivity contribution is 5.89. The maximum Gasteiger partial charge on any atom is 0.239 e. The molecule has 11 atom stereocenters. The van der Waals surface area contributed by atoms with Gasteiger partial charge in [-0.25, -0.2) is 0 Å². The van der Waals surface area contributed by atoms with Crippen LogP contribution in [0.1, 0.15) is 227 Å². The number of unbranched alkanes of at least 4 members (excludes halogenated alkanes) is 13. The number of ketones is 1. The number of hydrogen-bond donors (Lipinski definition) is 3. The van der Waals surface area contributed by atoms with Crippen molar-refractivity contribution >= 4 is 29.4 Å². The largest absolute Gasteiger partial charge is 0.391 e. The summed E-state index contributed by atoms with van der Waals surface area (Å²) in [5.74, 6) is 3.65. The number of Topliss-reactive ketones (excluding diaryl/α,β-unsaturated/α-hetero) is 1. The molecule has 70 heavy (non-hydrogen) atoms. The van der Waals surface area contributed by atoms with Gasteiger partial charge in [0.25, 0.3) is 0 Å².